The van der Waals surface area contributed by atoms with Crippen LogP contribution in [0.2, 0.25) is 4.34 Å². The number of tetrazole rings is 1. The average molecular weight is 215 g/mol. The highest BCUT2D eigenvalue weighted by Gasteiger charge is 2.11. The van der Waals surface area contributed by atoms with Gasteiger partial charge in [0, 0.05) is 0 Å². The maximum Gasteiger partial charge on any atom is 0.189 e. The van der Waals surface area contributed by atoms with E-state index >= 15 is 0 Å². The number of halogens is 1. The summed E-state index contributed by atoms with van der Waals surface area (Å²) in [5, 5.41) is 13.6. The minimum Gasteiger partial charge on any atom is -0.238 e. The molecule has 0 spiro atoms. The first-order valence-corrected chi connectivity index (χ1v) is 5.03. The molecule has 2 aromatic heterocycles. The molecule has 0 radical (unpaired) electrons. The molecule has 1 N–H and O–H groups in total. The van der Waals surface area contributed by atoms with E-state index in [9.17, 15) is 0 Å². The van der Waals surface area contributed by atoms with Gasteiger partial charge in [0.1, 0.15) is 0 Å². The summed E-state index contributed by atoms with van der Waals surface area (Å²) in [4.78, 5) is 1.03. The monoisotopic (exact) mass is 214 g/mol. The number of hydrogen-bond acceptors (Lipinski definition) is 4. The third-order valence-corrected chi connectivity index (χ3v) is 3.03. The fourth-order valence-electron chi connectivity index (χ4n) is 1.11. The lowest BCUT2D eigenvalue weighted by Crippen LogP contribution is -1.82. The summed E-state index contributed by atoms with van der Waals surface area (Å²) in [6.45, 7) is 2.08. The minimum atomic E-state index is 0.689. The lowest BCUT2D eigenvalue weighted by atomic mass is 10.2. The second-order valence-corrected chi connectivity index (χ2v) is 4.19. The van der Waals surface area contributed by atoms with Crippen LogP contribution < -0.4 is 0 Å². The Morgan fingerprint density at radius 3 is 3.08 bits per heavy atom. The van der Waals surface area contributed by atoms with Crippen molar-refractivity contribution in [3.8, 4) is 10.7 Å². The summed E-state index contributed by atoms with van der Waals surface area (Å²) < 4.78 is 0.767. The Hall–Kier alpha value is -0.940. The van der Waals surface area contributed by atoms with Gasteiger partial charge in [0.05, 0.1) is 9.21 Å². The van der Waals surface area contributed by atoms with E-state index in [-0.39, 0.29) is 0 Å². The van der Waals surface area contributed by atoms with Gasteiger partial charge in [0.25, 0.3) is 0 Å². The van der Waals surface area contributed by atoms with E-state index in [2.05, 4.69) is 27.5 Å². The summed E-state index contributed by atoms with van der Waals surface area (Å²) in [6, 6.07) is 1.95. The lowest BCUT2D eigenvalue weighted by Gasteiger charge is -1.92. The molecule has 68 valence electrons. The molecule has 13 heavy (non-hydrogen) atoms. The number of rotatable bonds is 2. The van der Waals surface area contributed by atoms with Gasteiger partial charge in [-0.25, -0.2) is 5.10 Å². The Bertz CT molecular complexity index is 395. The van der Waals surface area contributed by atoms with Crippen LogP contribution in [0.15, 0.2) is 6.07 Å². The molecule has 2 aromatic rings. The average Bonchev–Trinajstić information content (AvgIpc) is 2.71. The Balaban J connectivity index is 2.50. The number of aryl methyl sites for hydroxylation is 1. The van der Waals surface area contributed by atoms with E-state index in [4.69, 9.17) is 11.6 Å². The van der Waals surface area contributed by atoms with E-state index in [1.165, 1.54) is 16.9 Å². The highest BCUT2D eigenvalue weighted by molar-refractivity contribution is 7.19. The van der Waals surface area contributed by atoms with Gasteiger partial charge in [-0.1, -0.05) is 18.5 Å². The third-order valence-electron chi connectivity index (χ3n) is 1.72. The predicted octanol–water partition coefficient (Wildman–Crippen LogP) is 2.14. The fraction of sp³-hybridized carbons (Fsp3) is 0.286. The standard InChI is InChI=1S/C7H7ClN4S/c1-2-4-3-5(8)13-6(4)7-9-11-12-10-7/h3H,2H2,1H3,(H,9,10,11,12). The van der Waals surface area contributed by atoms with Gasteiger partial charge in [-0.05, 0) is 28.5 Å². The van der Waals surface area contributed by atoms with Crippen molar-refractivity contribution in [3.63, 3.8) is 0 Å². The molecule has 2 rings (SSSR count). The highest BCUT2D eigenvalue weighted by Crippen LogP contribution is 2.33. The second kappa shape index (κ2) is 3.43. The molecule has 0 saturated heterocycles. The third kappa shape index (κ3) is 1.57. The quantitative estimate of drug-likeness (QED) is 0.834. The van der Waals surface area contributed by atoms with Gasteiger partial charge in [0.2, 0.25) is 0 Å². The largest absolute Gasteiger partial charge is 0.238 e. The zero-order chi connectivity index (χ0) is 9.26. The van der Waals surface area contributed by atoms with Gasteiger partial charge in [-0.3, -0.25) is 0 Å². The van der Waals surface area contributed by atoms with Crippen LogP contribution in [0.3, 0.4) is 0 Å². The fourth-order valence-corrected chi connectivity index (χ4v) is 2.39. The maximum atomic E-state index is 5.90. The molecule has 0 atom stereocenters. The van der Waals surface area contributed by atoms with Crippen molar-refractivity contribution in [2.75, 3.05) is 0 Å². The van der Waals surface area contributed by atoms with Crippen molar-refractivity contribution in [2.24, 2.45) is 0 Å². The van der Waals surface area contributed by atoms with Crippen LogP contribution >= 0.6 is 22.9 Å². The number of thiophene rings is 1. The molecule has 4 nitrogen and oxygen atoms in total. The molecule has 0 bridgehead atoms. The lowest BCUT2D eigenvalue weighted by molar-refractivity contribution is 0.881. The zero-order valence-corrected chi connectivity index (χ0v) is 8.48. The summed E-state index contributed by atoms with van der Waals surface area (Å²) >= 11 is 7.39. The van der Waals surface area contributed by atoms with E-state index in [0.29, 0.717) is 5.82 Å². The number of hydrogen-bond donors (Lipinski definition) is 1. The first-order chi connectivity index (χ1) is 6.31. The minimum absolute atomic E-state index is 0.689. The van der Waals surface area contributed by atoms with E-state index in [0.717, 1.165) is 15.6 Å². The Labute approximate surface area is 83.9 Å². The first-order valence-electron chi connectivity index (χ1n) is 3.83. The molecule has 0 saturated carbocycles. The Kier molecular flexibility index (Phi) is 2.28. The van der Waals surface area contributed by atoms with Crippen LogP contribution in [0.4, 0.5) is 0 Å². The highest BCUT2D eigenvalue weighted by atomic mass is 35.5. The van der Waals surface area contributed by atoms with Gasteiger partial charge in [-0.2, -0.15) is 0 Å². The maximum absolute atomic E-state index is 5.90. The van der Waals surface area contributed by atoms with Crippen molar-refractivity contribution in [2.45, 2.75) is 13.3 Å². The van der Waals surface area contributed by atoms with Crippen LogP contribution in [0.5, 0.6) is 0 Å². The van der Waals surface area contributed by atoms with Crippen molar-refractivity contribution < 1.29 is 0 Å². The predicted molar refractivity (Wildman–Crippen MR) is 51.9 cm³/mol. The number of aromatic amines is 1. The summed E-state index contributed by atoms with van der Waals surface area (Å²) in [6.07, 6.45) is 0.930. The zero-order valence-electron chi connectivity index (χ0n) is 6.91. The van der Waals surface area contributed by atoms with Crippen molar-refractivity contribution in [1.29, 1.82) is 0 Å². The molecule has 2 heterocycles. The van der Waals surface area contributed by atoms with Gasteiger partial charge in [-0.15, -0.1) is 16.4 Å². The molecule has 0 amide bonds. The van der Waals surface area contributed by atoms with Crippen molar-refractivity contribution in [3.05, 3.63) is 16.0 Å². The molecule has 0 aromatic carbocycles. The van der Waals surface area contributed by atoms with Crippen LogP contribution in [0, 0.1) is 0 Å². The van der Waals surface area contributed by atoms with E-state index in [1.54, 1.807) is 0 Å². The topological polar surface area (TPSA) is 54.5 Å². The van der Waals surface area contributed by atoms with Crippen molar-refractivity contribution >= 4 is 22.9 Å². The Morgan fingerprint density at radius 1 is 1.62 bits per heavy atom. The molecule has 0 aliphatic carbocycles. The summed E-state index contributed by atoms with van der Waals surface area (Å²) in [5.74, 6) is 0.689. The normalized spacial score (nSPS) is 10.6. The van der Waals surface area contributed by atoms with Crippen LogP contribution in [-0.2, 0) is 6.42 Å². The molecule has 0 unspecified atom stereocenters. The van der Waals surface area contributed by atoms with Gasteiger partial charge >= 0.3 is 0 Å². The number of H-pyrrole nitrogens is 1. The molecule has 0 aliphatic heterocycles. The van der Waals surface area contributed by atoms with Gasteiger partial charge in [0.15, 0.2) is 5.82 Å². The number of nitrogens with one attached hydrogen (secondary N) is 1. The molecule has 0 aliphatic rings. The molecule has 0 fully saturated rings. The number of nitrogens with zero attached hydrogens (tertiary/aromatic N) is 3. The molecular weight excluding hydrogens is 208 g/mol. The molecular formula is C7H7ClN4S. The van der Waals surface area contributed by atoms with Crippen LogP contribution in [0.25, 0.3) is 10.7 Å². The van der Waals surface area contributed by atoms with Crippen LogP contribution in [0.1, 0.15) is 12.5 Å². The SMILES string of the molecule is CCc1cc(Cl)sc1-c1nnn[nH]1. The summed E-state index contributed by atoms with van der Waals surface area (Å²) in [7, 11) is 0. The number of aromatic nitrogens is 4. The van der Waals surface area contributed by atoms with E-state index in [1.807, 2.05) is 6.07 Å². The molecule has 6 heteroatoms. The Morgan fingerprint density at radius 2 is 2.46 bits per heavy atom. The smallest absolute Gasteiger partial charge is 0.189 e. The van der Waals surface area contributed by atoms with E-state index < -0.39 is 0 Å². The van der Waals surface area contributed by atoms with Gasteiger partial charge < -0.3 is 0 Å². The van der Waals surface area contributed by atoms with Crippen LogP contribution in [-0.4, -0.2) is 20.6 Å². The first kappa shape index (κ1) is 8.65. The van der Waals surface area contributed by atoms with Crippen molar-refractivity contribution in [1.82, 2.24) is 20.6 Å². The summed E-state index contributed by atoms with van der Waals surface area (Å²) in [5.41, 5.74) is 1.17. The second-order valence-electron chi connectivity index (χ2n) is 2.51.